The first-order valence-electron chi connectivity index (χ1n) is 6.53. The summed E-state index contributed by atoms with van der Waals surface area (Å²) >= 11 is 0. The molecule has 2 aromatic heterocycles. The summed E-state index contributed by atoms with van der Waals surface area (Å²) < 4.78 is 11.0. The van der Waals surface area contributed by atoms with Gasteiger partial charge in [-0.3, -0.25) is 4.79 Å². The van der Waals surface area contributed by atoms with Crippen LogP contribution in [0.2, 0.25) is 0 Å². The number of nitrogens with zero attached hydrogens (tertiary/aromatic N) is 1. The maximum absolute atomic E-state index is 10.6. The molecule has 3 rings (SSSR count). The number of hydrogen-bond acceptors (Lipinski definition) is 4. The van der Waals surface area contributed by atoms with Crippen LogP contribution in [0.4, 0.5) is 0 Å². The van der Waals surface area contributed by atoms with E-state index in [9.17, 15) is 4.79 Å². The molecular formula is C17H13NO3. The molecule has 0 aliphatic carbocycles. The van der Waals surface area contributed by atoms with Gasteiger partial charge in [0, 0.05) is 0 Å². The number of pyridine rings is 1. The van der Waals surface area contributed by atoms with Crippen molar-refractivity contribution in [1.82, 2.24) is 4.98 Å². The lowest BCUT2D eigenvalue weighted by Gasteiger charge is -2.06. The van der Waals surface area contributed by atoms with E-state index in [0.29, 0.717) is 30.1 Å². The highest BCUT2D eigenvalue weighted by Gasteiger charge is 2.06. The Balaban J connectivity index is 1.68. The summed E-state index contributed by atoms with van der Waals surface area (Å²) in [6, 6.07) is 16.9. The number of rotatable bonds is 5. The largest absolute Gasteiger partial charge is 0.487 e. The number of furan rings is 1. The molecule has 0 unspecified atom stereocenters. The molecule has 0 bridgehead atoms. The smallest absolute Gasteiger partial charge is 0.185 e. The number of aldehydes is 1. The summed E-state index contributed by atoms with van der Waals surface area (Å²) in [6.45, 7) is 0.498. The molecule has 0 amide bonds. The summed E-state index contributed by atoms with van der Waals surface area (Å²) in [5.41, 5.74) is 1.76. The summed E-state index contributed by atoms with van der Waals surface area (Å²) in [6.07, 6.45) is 2.31. The molecule has 2 heterocycles. The van der Waals surface area contributed by atoms with Gasteiger partial charge in [0.2, 0.25) is 0 Å². The highest BCUT2D eigenvalue weighted by molar-refractivity contribution is 5.72. The van der Waals surface area contributed by atoms with E-state index in [1.807, 2.05) is 36.4 Å². The SMILES string of the molecule is O=Cc1ccc(-c2ccc(OCc3ccccc3)cn2)o1. The van der Waals surface area contributed by atoms with Gasteiger partial charge in [-0.15, -0.1) is 0 Å². The van der Waals surface area contributed by atoms with Crippen LogP contribution >= 0.6 is 0 Å². The number of ether oxygens (including phenoxy) is 1. The minimum absolute atomic E-state index is 0.288. The van der Waals surface area contributed by atoms with Gasteiger partial charge in [-0.2, -0.15) is 0 Å². The molecule has 4 heteroatoms. The van der Waals surface area contributed by atoms with E-state index in [2.05, 4.69) is 4.98 Å². The Morgan fingerprint density at radius 3 is 2.57 bits per heavy atom. The standard InChI is InChI=1S/C17H13NO3/c19-11-15-7-9-17(21-15)16-8-6-14(10-18-16)20-12-13-4-2-1-3-5-13/h1-11H,12H2. The summed E-state index contributed by atoms with van der Waals surface area (Å²) in [7, 11) is 0. The van der Waals surface area contributed by atoms with Crippen LogP contribution in [0, 0.1) is 0 Å². The van der Waals surface area contributed by atoms with Crippen molar-refractivity contribution in [3.8, 4) is 17.2 Å². The molecule has 0 spiro atoms. The second-order valence-corrected chi connectivity index (χ2v) is 4.47. The van der Waals surface area contributed by atoms with Crippen molar-refractivity contribution in [2.45, 2.75) is 6.61 Å². The van der Waals surface area contributed by atoms with Gasteiger partial charge in [-0.05, 0) is 29.8 Å². The number of hydrogen-bond donors (Lipinski definition) is 0. The Hall–Kier alpha value is -2.88. The molecule has 0 N–H and O–H groups in total. The molecule has 0 radical (unpaired) electrons. The van der Waals surface area contributed by atoms with Gasteiger partial charge in [-0.25, -0.2) is 4.98 Å². The number of benzene rings is 1. The molecule has 21 heavy (non-hydrogen) atoms. The van der Waals surface area contributed by atoms with Crippen LogP contribution in [0.25, 0.3) is 11.5 Å². The average Bonchev–Trinajstić information content (AvgIpc) is 3.03. The van der Waals surface area contributed by atoms with Crippen LogP contribution in [0.3, 0.4) is 0 Å². The molecule has 0 fully saturated rings. The highest BCUT2D eigenvalue weighted by atomic mass is 16.5. The van der Waals surface area contributed by atoms with Crippen molar-refractivity contribution < 1.29 is 13.9 Å². The Bertz CT molecular complexity index is 717. The third-order valence-corrected chi connectivity index (χ3v) is 2.98. The van der Waals surface area contributed by atoms with E-state index in [0.717, 1.165) is 5.56 Å². The van der Waals surface area contributed by atoms with E-state index in [4.69, 9.17) is 9.15 Å². The van der Waals surface area contributed by atoms with Crippen molar-refractivity contribution >= 4 is 6.29 Å². The van der Waals surface area contributed by atoms with Crippen molar-refractivity contribution in [2.75, 3.05) is 0 Å². The number of aromatic nitrogens is 1. The average molecular weight is 279 g/mol. The van der Waals surface area contributed by atoms with E-state index in [-0.39, 0.29) is 5.76 Å². The fraction of sp³-hybridized carbons (Fsp3) is 0.0588. The second-order valence-electron chi connectivity index (χ2n) is 4.47. The lowest BCUT2D eigenvalue weighted by Crippen LogP contribution is -1.95. The van der Waals surface area contributed by atoms with Gasteiger partial charge < -0.3 is 9.15 Å². The first-order valence-corrected chi connectivity index (χ1v) is 6.53. The van der Waals surface area contributed by atoms with Gasteiger partial charge >= 0.3 is 0 Å². The van der Waals surface area contributed by atoms with Crippen LogP contribution < -0.4 is 4.74 Å². The lowest BCUT2D eigenvalue weighted by atomic mass is 10.2. The van der Waals surface area contributed by atoms with Crippen LogP contribution in [0.1, 0.15) is 16.1 Å². The summed E-state index contributed by atoms with van der Waals surface area (Å²) in [5.74, 6) is 1.53. The molecule has 0 atom stereocenters. The van der Waals surface area contributed by atoms with Crippen LogP contribution in [-0.4, -0.2) is 11.3 Å². The Morgan fingerprint density at radius 1 is 1.05 bits per heavy atom. The first-order chi connectivity index (χ1) is 10.3. The monoisotopic (exact) mass is 279 g/mol. The van der Waals surface area contributed by atoms with Gasteiger partial charge in [0.25, 0.3) is 0 Å². The quantitative estimate of drug-likeness (QED) is 0.668. The molecular weight excluding hydrogens is 266 g/mol. The fourth-order valence-electron chi connectivity index (χ4n) is 1.91. The zero-order valence-electron chi connectivity index (χ0n) is 11.2. The Kier molecular flexibility index (Phi) is 3.78. The van der Waals surface area contributed by atoms with Gasteiger partial charge in [0.1, 0.15) is 18.1 Å². The zero-order chi connectivity index (χ0) is 14.5. The molecule has 0 aliphatic rings. The second kappa shape index (κ2) is 6.05. The molecule has 4 nitrogen and oxygen atoms in total. The molecule has 0 saturated carbocycles. The predicted octanol–water partition coefficient (Wildman–Crippen LogP) is 3.73. The molecule has 1 aromatic carbocycles. The third-order valence-electron chi connectivity index (χ3n) is 2.98. The van der Waals surface area contributed by atoms with Crippen molar-refractivity contribution in [3.63, 3.8) is 0 Å². The predicted molar refractivity (Wildman–Crippen MR) is 78.1 cm³/mol. The maximum Gasteiger partial charge on any atom is 0.185 e. The molecule has 104 valence electrons. The first kappa shape index (κ1) is 13.1. The van der Waals surface area contributed by atoms with E-state index in [1.165, 1.54) is 0 Å². The normalized spacial score (nSPS) is 10.3. The van der Waals surface area contributed by atoms with Crippen molar-refractivity contribution in [3.05, 3.63) is 72.1 Å². The maximum atomic E-state index is 10.6. The molecule has 3 aromatic rings. The van der Waals surface area contributed by atoms with Gasteiger partial charge in [-0.1, -0.05) is 30.3 Å². The topological polar surface area (TPSA) is 52.3 Å². The zero-order valence-corrected chi connectivity index (χ0v) is 11.2. The molecule has 0 saturated heterocycles. The Labute approximate surface area is 122 Å². The van der Waals surface area contributed by atoms with E-state index >= 15 is 0 Å². The number of carbonyl (C=O) groups excluding carboxylic acids is 1. The summed E-state index contributed by atoms with van der Waals surface area (Å²) in [5, 5.41) is 0. The fourth-order valence-corrected chi connectivity index (χ4v) is 1.91. The van der Waals surface area contributed by atoms with E-state index in [1.54, 1.807) is 24.4 Å². The van der Waals surface area contributed by atoms with E-state index < -0.39 is 0 Å². The third kappa shape index (κ3) is 3.17. The van der Waals surface area contributed by atoms with Gasteiger partial charge in [0.15, 0.2) is 17.8 Å². The van der Waals surface area contributed by atoms with Crippen molar-refractivity contribution in [1.29, 1.82) is 0 Å². The number of carbonyl (C=O) groups is 1. The molecule has 0 aliphatic heterocycles. The summed E-state index contributed by atoms with van der Waals surface area (Å²) in [4.78, 5) is 14.9. The highest BCUT2D eigenvalue weighted by Crippen LogP contribution is 2.21. The van der Waals surface area contributed by atoms with Crippen molar-refractivity contribution in [2.24, 2.45) is 0 Å². The van der Waals surface area contributed by atoms with Gasteiger partial charge in [0.05, 0.1) is 6.20 Å². The minimum atomic E-state index is 0.288. The minimum Gasteiger partial charge on any atom is -0.487 e. The van der Waals surface area contributed by atoms with Crippen LogP contribution in [0.5, 0.6) is 5.75 Å². The lowest BCUT2D eigenvalue weighted by molar-refractivity contribution is 0.110. The van der Waals surface area contributed by atoms with Crippen LogP contribution in [0.15, 0.2) is 65.2 Å². The van der Waals surface area contributed by atoms with Crippen LogP contribution in [-0.2, 0) is 6.61 Å². The Morgan fingerprint density at radius 2 is 1.90 bits per heavy atom.